The summed E-state index contributed by atoms with van der Waals surface area (Å²) >= 11 is 0. The summed E-state index contributed by atoms with van der Waals surface area (Å²) in [6.45, 7) is 5.46. The highest BCUT2D eigenvalue weighted by molar-refractivity contribution is 5.98. The molecule has 0 saturated carbocycles. The van der Waals surface area contributed by atoms with Crippen LogP contribution in [0.15, 0.2) is 0 Å². The Hall–Kier alpha value is -1.10. The van der Waals surface area contributed by atoms with Crippen LogP contribution in [0.1, 0.15) is 27.2 Å². The second-order valence-electron chi connectivity index (χ2n) is 5.28. The Balaban J connectivity index is 2.33. The van der Waals surface area contributed by atoms with E-state index in [2.05, 4.69) is 5.32 Å². The Bertz CT molecular complexity index is 333. The maximum Gasteiger partial charge on any atom is 0.338 e. The molecule has 0 aromatic carbocycles. The van der Waals surface area contributed by atoms with Gasteiger partial charge < -0.3 is 15.2 Å². The molecule has 2 aliphatic rings. The normalized spacial score (nSPS) is 36.4. The third-order valence-electron chi connectivity index (χ3n) is 3.06. The molecular weight excluding hydrogens is 198 g/mol. The van der Waals surface area contributed by atoms with E-state index >= 15 is 0 Å². The summed E-state index contributed by atoms with van der Waals surface area (Å²) in [6.07, 6.45) is -1.28. The molecule has 2 saturated heterocycles. The molecule has 0 aromatic heterocycles. The van der Waals surface area contributed by atoms with Gasteiger partial charge in [-0.1, -0.05) is 20.8 Å². The van der Waals surface area contributed by atoms with Crippen molar-refractivity contribution in [3.05, 3.63) is 0 Å². The number of hydrogen-bond acceptors (Lipinski definition) is 4. The van der Waals surface area contributed by atoms with E-state index < -0.39 is 29.1 Å². The standard InChI is InChI=1S/C10H15NO4/c1-9(2,3)7(13)10-5(15-8(10)14)4-6(12)11-10/h5,7,13H,4H2,1-3H3,(H,11,12)/t5-,7-,10-/m0/s1. The van der Waals surface area contributed by atoms with Gasteiger partial charge in [0.2, 0.25) is 11.4 Å². The van der Waals surface area contributed by atoms with E-state index in [1.807, 2.05) is 20.8 Å². The summed E-state index contributed by atoms with van der Waals surface area (Å²) in [5.41, 5.74) is -1.68. The summed E-state index contributed by atoms with van der Waals surface area (Å²) in [7, 11) is 0. The zero-order chi connectivity index (χ0) is 11.4. The number of fused-ring (bicyclic) bond motifs is 1. The van der Waals surface area contributed by atoms with E-state index in [1.54, 1.807) is 0 Å². The maximum atomic E-state index is 11.5. The van der Waals surface area contributed by atoms with Crippen LogP contribution < -0.4 is 5.32 Å². The first-order valence-corrected chi connectivity index (χ1v) is 4.98. The number of hydrogen-bond donors (Lipinski definition) is 2. The molecule has 0 unspecified atom stereocenters. The lowest BCUT2D eigenvalue weighted by Gasteiger charge is -2.48. The van der Waals surface area contributed by atoms with E-state index in [0.717, 1.165) is 0 Å². The molecule has 0 aromatic rings. The zero-order valence-electron chi connectivity index (χ0n) is 9.03. The molecule has 5 nitrogen and oxygen atoms in total. The predicted molar refractivity (Wildman–Crippen MR) is 50.8 cm³/mol. The molecule has 2 heterocycles. The SMILES string of the molecule is CC(C)(C)[C@H](O)[C@@]12NC(=O)C[C@@H]1OC2=O. The largest absolute Gasteiger partial charge is 0.457 e. The molecular formula is C10H15NO4. The van der Waals surface area contributed by atoms with Crippen molar-refractivity contribution >= 4 is 11.9 Å². The summed E-state index contributed by atoms with van der Waals surface area (Å²) in [5.74, 6) is -0.769. The Morgan fingerprint density at radius 1 is 1.53 bits per heavy atom. The average Bonchev–Trinajstić information content (AvgIpc) is 2.35. The molecule has 3 atom stereocenters. The van der Waals surface area contributed by atoms with Gasteiger partial charge in [-0.2, -0.15) is 0 Å². The Morgan fingerprint density at radius 2 is 2.13 bits per heavy atom. The molecule has 2 fully saturated rings. The van der Waals surface area contributed by atoms with Crippen LogP contribution >= 0.6 is 0 Å². The van der Waals surface area contributed by atoms with E-state index in [1.165, 1.54) is 0 Å². The van der Waals surface area contributed by atoms with E-state index in [-0.39, 0.29) is 12.3 Å². The summed E-state index contributed by atoms with van der Waals surface area (Å²) in [4.78, 5) is 22.7. The van der Waals surface area contributed by atoms with Crippen molar-refractivity contribution in [2.24, 2.45) is 5.41 Å². The molecule has 1 amide bonds. The fraction of sp³-hybridized carbons (Fsp3) is 0.800. The van der Waals surface area contributed by atoms with Gasteiger partial charge in [-0.25, -0.2) is 4.79 Å². The van der Waals surface area contributed by atoms with Gasteiger partial charge in [0.05, 0.1) is 12.5 Å². The number of aliphatic hydroxyl groups is 1. The van der Waals surface area contributed by atoms with Crippen LogP contribution in [-0.2, 0) is 14.3 Å². The van der Waals surface area contributed by atoms with E-state index in [4.69, 9.17) is 4.74 Å². The Morgan fingerprint density at radius 3 is 2.53 bits per heavy atom. The van der Waals surface area contributed by atoms with Gasteiger partial charge in [0.25, 0.3) is 0 Å². The molecule has 0 spiro atoms. The topological polar surface area (TPSA) is 75.6 Å². The maximum absolute atomic E-state index is 11.5. The quantitative estimate of drug-likeness (QED) is 0.580. The minimum atomic E-state index is -1.20. The summed E-state index contributed by atoms with van der Waals surface area (Å²) in [6, 6.07) is 0. The third-order valence-corrected chi connectivity index (χ3v) is 3.06. The first-order chi connectivity index (χ1) is 6.78. The fourth-order valence-electron chi connectivity index (χ4n) is 2.22. The van der Waals surface area contributed by atoms with Crippen LogP contribution in [0.25, 0.3) is 0 Å². The number of rotatable bonds is 1. The van der Waals surface area contributed by atoms with Gasteiger partial charge in [0.15, 0.2) is 0 Å². The molecule has 5 heteroatoms. The van der Waals surface area contributed by atoms with Crippen molar-refractivity contribution in [3.63, 3.8) is 0 Å². The number of ether oxygens (including phenoxy) is 1. The molecule has 15 heavy (non-hydrogen) atoms. The first-order valence-electron chi connectivity index (χ1n) is 4.98. The Labute approximate surface area is 87.8 Å². The van der Waals surface area contributed by atoms with Crippen molar-refractivity contribution in [1.82, 2.24) is 5.32 Å². The van der Waals surface area contributed by atoms with Gasteiger partial charge >= 0.3 is 5.97 Å². The first kappa shape index (κ1) is 10.4. The highest BCUT2D eigenvalue weighted by atomic mass is 16.6. The van der Waals surface area contributed by atoms with Crippen LogP contribution in [0, 0.1) is 5.41 Å². The minimum Gasteiger partial charge on any atom is -0.457 e. The minimum absolute atomic E-state index is 0.152. The monoisotopic (exact) mass is 213 g/mol. The number of esters is 1. The predicted octanol–water partition coefficient (Wildman–Crippen LogP) is -0.423. The second-order valence-corrected chi connectivity index (χ2v) is 5.28. The number of carbonyl (C=O) groups is 2. The number of aliphatic hydroxyl groups excluding tert-OH is 1. The lowest BCUT2D eigenvalue weighted by molar-refractivity contribution is -0.207. The molecule has 2 rings (SSSR count). The van der Waals surface area contributed by atoms with Gasteiger partial charge in [-0.3, -0.25) is 4.79 Å². The van der Waals surface area contributed by atoms with E-state index in [9.17, 15) is 14.7 Å². The molecule has 2 N–H and O–H groups in total. The van der Waals surface area contributed by atoms with Gasteiger partial charge in [-0.05, 0) is 5.41 Å². The van der Waals surface area contributed by atoms with Crippen molar-refractivity contribution in [2.45, 2.75) is 44.9 Å². The van der Waals surface area contributed by atoms with E-state index in [0.29, 0.717) is 0 Å². The van der Waals surface area contributed by atoms with Crippen LogP contribution in [-0.4, -0.2) is 34.7 Å². The average molecular weight is 213 g/mol. The van der Waals surface area contributed by atoms with Crippen LogP contribution in [0.2, 0.25) is 0 Å². The smallest absolute Gasteiger partial charge is 0.338 e. The van der Waals surface area contributed by atoms with Gasteiger partial charge in [0, 0.05) is 0 Å². The van der Waals surface area contributed by atoms with Crippen LogP contribution in [0.5, 0.6) is 0 Å². The van der Waals surface area contributed by atoms with Crippen molar-refractivity contribution in [2.75, 3.05) is 0 Å². The van der Waals surface area contributed by atoms with Gasteiger partial charge in [0.1, 0.15) is 6.10 Å². The Kier molecular flexibility index (Phi) is 1.89. The molecule has 2 aliphatic heterocycles. The van der Waals surface area contributed by atoms with Crippen LogP contribution in [0.3, 0.4) is 0 Å². The molecule has 0 bridgehead atoms. The second kappa shape index (κ2) is 2.72. The zero-order valence-corrected chi connectivity index (χ0v) is 9.03. The van der Waals surface area contributed by atoms with Crippen molar-refractivity contribution < 1.29 is 19.4 Å². The highest BCUT2D eigenvalue weighted by Gasteiger charge is 2.69. The van der Waals surface area contributed by atoms with Crippen LogP contribution in [0.4, 0.5) is 0 Å². The van der Waals surface area contributed by atoms with Crippen molar-refractivity contribution in [1.29, 1.82) is 0 Å². The number of amides is 1. The summed E-state index contributed by atoms with van der Waals surface area (Å²) in [5, 5.41) is 12.7. The van der Waals surface area contributed by atoms with Crippen molar-refractivity contribution in [3.8, 4) is 0 Å². The third kappa shape index (κ3) is 1.19. The molecule has 0 aliphatic carbocycles. The lowest BCUT2D eigenvalue weighted by Crippen LogP contribution is -2.74. The molecule has 84 valence electrons. The lowest BCUT2D eigenvalue weighted by atomic mass is 9.72. The highest BCUT2D eigenvalue weighted by Crippen LogP contribution is 2.42. The number of carbonyl (C=O) groups excluding carboxylic acids is 2. The summed E-state index contributed by atoms with van der Waals surface area (Å²) < 4.78 is 4.87. The van der Waals surface area contributed by atoms with Gasteiger partial charge in [-0.15, -0.1) is 0 Å². The fourth-order valence-corrected chi connectivity index (χ4v) is 2.22. The molecule has 0 radical (unpaired) electrons. The number of nitrogens with one attached hydrogen (secondary N) is 1.